The Kier molecular flexibility index (Phi) is 7.58. The van der Waals surface area contributed by atoms with E-state index in [-0.39, 0.29) is 18.9 Å². The van der Waals surface area contributed by atoms with Gasteiger partial charge in [0.15, 0.2) is 12.0 Å². The smallest absolute Gasteiger partial charge is 0.330 e. The van der Waals surface area contributed by atoms with Crippen LogP contribution in [0.3, 0.4) is 0 Å². The molecule has 10 heteroatoms. The number of nitrogens with one attached hydrogen (secondary N) is 4. The molecule has 3 aromatic carbocycles. The number of nitrogens with two attached hydrogens (primary N) is 1. The summed E-state index contributed by atoms with van der Waals surface area (Å²) in [7, 11) is 0. The number of β-lactam (4-membered cyclic amide) rings is 1. The van der Waals surface area contributed by atoms with Crippen molar-refractivity contribution in [1.29, 1.82) is 10.8 Å². The number of guanidine groups is 1. The molecule has 1 aliphatic rings. The normalized spacial score (nSPS) is 16.3. The minimum Gasteiger partial charge on any atom is -0.459 e. The van der Waals surface area contributed by atoms with Gasteiger partial charge in [-0.2, -0.15) is 0 Å². The molecule has 0 spiro atoms. The molecule has 0 saturated carbocycles. The largest absolute Gasteiger partial charge is 0.459 e. The first-order valence-corrected chi connectivity index (χ1v) is 11.5. The predicted molar refractivity (Wildman–Crippen MR) is 139 cm³/mol. The van der Waals surface area contributed by atoms with Gasteiger partial charge in [-0.05, 0) is 17.2 Å². The van der Waals surface area contributed by atoms with Crippen LogP contribution in [-0.2, 0) is 20.9 Å². The number of carbonyl (C=O) groups excluding carboxylic acids is 3. The maximum atomic E-state index is 13.2. The van der Waals surface area contributed by atoms with E-state index >= 15 is 0 Å². The van der Waals surface area contributed by atoms with E-state index in [4.69, 9.17) is 21.3 Å². The summed E-state index contributed by atoms with van der Waals surface area (Å²) in [4.78, 5) is 40.1. The molecule has 0 radical (unpaired) electrons. The molecule has 1 heterocycles. The van der Waals surface area contributed by atoms with Crippen LogP contribution in [0.4, 0.5) is 10.5 Å². The molecule has 1 aliphatic heterocycles. The van der Waals surface area contributed by atoms with Crippen LogP contribution in [0.2, 0.25) is 0 Å². The number of hydrogen-bond donors (Lipinski definition) is 5. The molecule has 2 atom stereocenters. The molecule has 0 bridgehead atoms. The zero-order valence-electron chi connectivity index (χ0n) is 19.8. The number of rotatable bonds is 7. The molecule has 37 heavy (non-hydrogen) atoms. The lowest BCUT2D eigenvalue weighted by atomic mass is 9.84. The number of nitrogens with zero attached hydrogens (tertiary/aromatic N) is 1. The molecule has 6 N–H and O–H groups in total. The Balaban J connectivity index is 1.54. The van der Waals surface area contributed by atoms with Gasteiger partial charge in [-0.15, -0.1) is 0 Å². The Bertz CT molecular complexity index is 1330. The quantitative estimate of drug-likeness (QED) is 0.145. The molecule has 3 aromatic rings. The van der Waals surface area contributed by atoms with Crippen molar-refractivity contribution in [2.24, 2.45) is 11.7 Å². The van der Waals surface area contributed by atoms with E-state index in [1.54, 1.807) is 36.4 Å². The summed E-state index contributed by atoms with van der Waals surface area (Å²) in [5.74, 6) is -3.10. The highest BCUT2D eigenvalue weighted by Gasteiger charge is 2.55. The summed E-state index contributed by atoms with van der Waals surface area (Å²) in [6.45, 7) is -0.0352. The highest BCUT2D eigenvalue weighted by atomic mass is 16.5. The third kappa shape index (κ3) is 5.81. The van der Waals surface area contributed by atoms with Crippen LogP contribution in [0.25, 0.3) is 11.1 Å². The third-order valence-corrected chi connectivity index (χ3v) is 5.86. The van der Waals surface area contributed by atoms with Crippen LogP contribution < -0.4 is 16.4 Å². The van der Waals surface area contributed by atoms with E-state index in [1.165, 1.54) is 0 Å². The Morgan fingerprint density at radius 1 is 0.919 bits per heavy atom. The fourth-order valence-corrected chi connectivity index (χ4v) is 4.13. The van der Waals surface area contributed by atoms with Crippen molar-refractivity contribution in [3.05, 3.63) is 90.5 Å². The zero-order valence-corrected chi connectivity index (χ0v) is 19.8. The minimum atomic E-state index is -1.24. The number of carbonyl (C=O) groups is 3. The zero-order chi connectivity index (χ0) is 26.4. The number of benzene rings is 3. The number of ether oxygens (including phenoxy) is 1. The van der Waals surface area contributed by atoms with Gasteiger partial charge in [-0.3, -0.25) is 15.6 Å². The molecule has 0 aromatic heterocycles. The summed E-state index contributed by atoms with van der Waals surface area (Å²) in [6.07, 6.45) is -0.214. The van der Waals surface area contributed by atoms with Crippen molar-refractivity contribution < 1.29 is 19.1 Å². The van der Waals surface area contributed by atoms with Crippen LogP contribution in [0.1, 0.15) is 12.0 Å². The third-order valence-electron chi connectivity index (χ3n) is 5.86. The van der Waals surface area contributed by atoms with Crippen LogP contribution in [0.5, 0.6) is 0 Å². The first-order chi connectivity index (χ1) is 17.8. The van der Waals surface area contributed by atoms with E-state index in [0.29, 0.717) is 5.69 Å². The fourth-order valence-electron chi connectivity index (χ4n) is 4.13. The number of amides is 3. The number of amidine groups is 1. The van der Waals surface area contributed by atoms with Crippen molar-refractivity contribution in [3.63, 3.8) is 0 Å². The second-order valence-corrected chi connectivity index (χ2v) is 8.42. The molecule has 4 rings (SSSR count). The average Bonchev–Trinajstić information content (AvgIpc) is 2.89. The Morgan fingerprint density at radius 2 is 1.54 bits per heavy atom. The lowest BCUT2D eigenvalue weighted by molar-refractivity contribution is -0.169. The maximum Gasteiger partial charge on any atom is 0.330 e. The van der Waals surface area contributed by atoms with Crippen molar-refractivity contribution >= 4 is 35.4 Å². The van der Waals surface area contributed by atoms with Crippen LogP contribution in [0.15, 0.2) is 84.9 Å². The molecule has 188 valence electrons. The summed E-state index contributed by atoms with van der Waals surface area (Å²) in [5.41, 5.74) is 8.11. The number of hydrogen-bond acceptors (Lipinski definition) is 6. The van der Waals surface area contributed by atoms with Gasteiger partial charge in [0.1, 0.15) is 12.4 Å². The van der Waals surface area contributed by atoms with Crippen LogP contribution in [0, 0.1) is 16.7 Å². The van der Waals surface area contributed by atoms with Crippen molar-refractivity contribution in [1.82, 2.24) is 10.2 Å². The number of para-hydroxylation sites is 1. The van der Waals surface area contributed by atoms with Gasteiger partial charge in [0, 0.05) is 12.0 Å². The van der Waals surface area contributed by atoms with E-state index in [9.17, 15) is 14.4 Å². The topological polar surface area (TPSA) is 161 Å². The number of urea groups is 1. The highest BCUT2D eigenvalue weighted by molar-refractivity contribution is 6.13. The molecule has 10 nitrogen and oxygen atoms in total. The number of imide groups is 1. The second-order valence-electron chi connectivity index (χ2n) is 8.42. The summed E-state index contributed by atoms with van der Waals surface area (Å²) in [5, 5.41) is 20.3. The monoisotopic (exact) mass is 498 g/mol. The first kappa shape index (κ1) is 25.1. The summed E-state index contributed by atoms with van der Waals surface area (Å²) < 4.78 is 5.43. The lowest BCUT2D eigenvalue weighted by Gasteiger charge is -2.43. The standard InChI is InChI=1S/C27H26N6O4/c28-22(32-26(29)30)15-20-23(25(35)37-16-17-9-3-1-4-10-17)33(24(20)34)27(36)31-21-14-8-7-13-19(21)18-11-5-2-6-12-18/h1-14,20,23H,15-16H2,(H,31,36)(H5,28,29,30,32)/t20-,23+/m1/s1. The molecular weight excluding hydrogens is 472 g/mol. The summed E-state index contributed by atoms with van der Waals surface area (Å²) in [6, 6.07) is 23.5. The van der Waals surface area contributed by atoms with Crippen molar-refractivity contribution in [2.75, 3.05) is 5.32 Å². The molecule has 1 fully saturated rings. The second kappa shape index (κ2) is 11.2. The molecule has 3 amide bonds. The Hall–Kier alpha value is -4.99. The van der Waals surface area contributed by atoms with Gasteiger partial charge < -0.3 is 21.1 Å². The van der Waals surface area contributed by atoms with E-state index < -0.39 is 35.8 Å². The Morgan fingerprint density at radius 3 is 2.22 bits per heavy atom. The lowest BCUT2D eigenvalue weighted by Crippen LogP contribution is -2.68. The maximum absolute atomic E-state index is 13.2. The van der Waals surface area contributed by atoms with Gasteiger partial charge in [0.2, 0.25) is 5.91 Å². The van der Waals surface area contributed by atoms with Crippen LogP contribution >= 0.6 is 0 Å². The minimum absolute atomic E-state index is 0.0352. The Labute approximate surface area is 213 Å². The predicted octanol–water partition coefficient (Wildman–Crippen LogP) is 3.31. The van der Waals surface area contributed by atoms with E-state index in [1.807, 2.05) is 48.5 Å². The first-order valence-electron chi connectivity index (χ1n) is 11.5. The van der Waals surface area contributed by atoms with E-state index in [2.05, 4.69) is 10.6 Å². The van der Waals surface area contributed by atoms with Gasteiger partial charge in [0.05, 0.1) is 11.6 Å². The summed E-state index contributed by atoms with van der Waals surface area (Å²) >= 11 is 0. The fraction of sp³-hybridized carbons (Fsp3) is 0.148. The average molecular weight is 499 g/mol. The molecule has 1 saturated heterocycles. The van der Waals surface area contributed by atoms with Gasteiger partial charge in [-0.25, -0.2) is 14.5 Å². The van der Waals surface area contributed by atoms with Gasteiger partial charge >= 0.3 is 12.0 Å². The van der Waals surface area contributed by atoms with Crippen molar-refractivity contribution in [2.45, 2.75) is 19.1 Å². The van der Waals surface area contributed by atoms with Crippen molar-refractivity contribution in [3.8, 4) is 11.1 Å². The molecular formula is C27H26N6O4. The number of likely N-dealkylation sites (tertiary alicyclic amines) is 1. The SMILES string of the molecule is N=C(N)NC(=N)C[C@H]1C(=O)N(C(=O)Nc2ccccc2-c2ccccc2)[C@@H]1C(=O)OCc1ccccc1. The van der Waals surface area contributed by atoms with Gasteiger partial charge in [0.25, 0.3) is 0 Å². The molecule has 0 unspecified atom stereocenters. The molecule has 0 aliphatic carbocycles. The van der Waals surface area contributed by atoms with E-state index in [0.717, 1.165) is 21.6 Å². The van der Waals surface area contributed by atoms with Crippen LogP contribution in [-0.4, -0.2) is 40.6 Å². The number of esters is 1. The number of anilines is 1. The highest BCUT2D eigenvalue weighted by Crippen LogP contribution is 2.33. The van der Waals surface area contributed by atoms with Gasteiger partial charge in [-0.1, -0.05) is 78.9 Å².